The van der Waals surface area contributed by atoms with Crippen LogP contribution in [0.5, 0.6) is 0 Å². The fourth-order valence-electron chi connectivity index (χ4n) is 2.05. The van der Waals surface area contributed by atoms with Gasteiger partial charge in [-0.05, 0) is 44.6 Å². The quantitative estimate of drug-likeness (QED) is 0.477. The van der Waals surface area contributed by atoms with E-state index in [4.69, 9.17) is 0 Å². The van der Waals surface area contributed by atoms with Gasteiger partial charge in [-0.25, -0.2) is 0 Å². The van der Waals surface area contributed by atoms with Crippen LogP contribution in [0.25, 0.3) is 0 Å². The molecule has 0 amide bonds. The zero-order valence-corrected chi connectivity index (χ0v) is 6.61. The molecule has 0 aromatic carbocycles. The van der Waals surface area contributed by atoms with E-state index in [0.29, 0.717) is 0 Å². The molecule has 0 N–H and O–H groups in total. The lowest BCUT2D eigenvalue weighted by atomic mass is 9.94. The van der Waals surface area contributed by atoms with Crippen LogP contribution < -0.4 is 0 Å². The molecule has 2 aliphatic rings. The standard InChI is InChI=1S/C10H14/c1-8-6-9-4-2-3-5-10(9)7-8/h6H,2-5,7H2,1H3. The third-order valence-electron chi connectivity index (χ3n) is 2.54. The second-order valence-electron chi connectivity index (χ2n) is 3.50. The van der Waals surface area contributed by atoms with Crippen LogP contribution in [0.15, 0.2) is 22.8 Å². The SMILES string of the molecule is CC1=CC2=C(CCCC2)C1. The maximum Gasteiger partial charge on any atom is -0.0102 e. The van der Waals surface area contributed by atoms with Crippen LogP contribution in [0.2, 0.25) is 0 Å². The number of rotatable bonds is 0. The third kappa shape index (κ3) is 0.920. The highest BCUT2D eigenvalue weighted by molar-refractivity contribution is 5.39. The van der Waals surface area contributed by atoms with E-state index in [0.717, 1.165) is 0 Å². The Morgan fingerprint density at radius 3 is 2.80 bits per heavy atom. The lowest BCUT2D eigenvalue weighted by molar-refractivity contribution is 0.679. The van der Waals surface area contributed by atoms with Crippen molar-refractivity contribution in [3.05, 3.63) is 22.8 Å². The first-order valence-electron chi connectivity index (χ1n) is 4.24. The molecule has 54 valence electrons. The van der Waals surface area contributed by atoms with Gasteiger partial charge in [0.2, 0.25) is 0 Å². The van der Waals surface area contributed by atoms with Crippen molar-refractivity contribution in [2.24, 2.45) is 0 Å². The van der Waals surface area contributed by atoms with Gasteiger partial charge in [0.25, 0.3) is 0 Å². The van der Waals surface area contributed by atoms with Gasteiger partial charge < -0.3 is 0 Å². The van der Waals surface area contributed by atoms with Crippen LogP contribution in [0.4, 0.5) is 0 Å². The van der Waals surface area contributed by atoms with E-state index in [1.807, 2.05) is 0 Å². The Bertz CT molecular complexity index is 206. The van der Waals surface area contributed by atoms with Gasteiger partial charge in [0.15, 0.2) is 0 Å². The largest absolute Gasteiger partial charge is 0.0690 e. The fraction of sp³-hybridized carbons (Fsp3) is 0.600. The molecule has 0 unspecified atom stereocenters. The lowest BCUT2D eigenvalue weighted by Crippen LogP contribution is -1.93. The molecule has 0 saturated carbocycles. The monoisotopic (exact) mass is 134 g/mol. The topological polar surface area (TPSA) is 0 Å². The van der Waals surface area contributed by atoms with E-state index in [-0.39, 0.29) is 0 Å². The maximum atomic E-state index is 2.40. The first-order chi connectivity index (χ1) is 4.86. The summed E-state index contributed by atoms with van der Waals surface area (Å²) >= 11 is 0. The minimum absolute atomic E-state index is 1.29. The maximum absolute atomic E-state index is 2.40. The Hall–Kier alpha value is -0.520. The van der Waals surface area contributed by atoms with Gasteiger partial charge in [-0.2, -0.15) is 0 Å². The summed E-state index contributed by atoms with van der Waals surface area (Å²) in [7, 11) is 0. The first kappa shape index (κ1) is 6.21. The van der Waals surface area contributed by atoms with Gasteiger partial charge in [-0.3, -0.25) is 0 Å². The van der Waals surface area contributed by atoms with E-state index in [9.17, 15) is 0 Å². The summed E-state index contributed by atoms with van der Waals surface area (Å²) in [4.78, 5) is 0. The molecule has 2 aliphatic carbocycles. The first-order valence-corrected chi connectivity index (χ1v) is 4.24. The summed E-state index contributed by atoms with van der Waals surface area (Å²) in [5.41, 5.74) is 4.99. The van der Waals surface area contributed by atoms with Crippen molar-refractivity contribution in [3.8, 4) is 0 Å². The molecule has 0 saturated heterocycles. The predicted octanol–water partition coefficient (Wildman–Crippen LogP) is 3.21. The molecule has 0 atom stereocenters. The van der Waals surface area contributed by atoms with Crippen LogP contribution >= 0.6 is 0 Å². The van der Waals surface area contributed by atoms with Crippen molar-refractivity contribution in [1.82, 2.24) is 0 Å². The molecule has 2 rings (SSSR count). The molecule has 0 aromatic heterocycles. The summed E-state index contributed by atoms with van der Waals surface area (Å²) in [5.74, 6) is 0. The lowest BCUT2D eigenvalue weighted by Gasteiger charge is -2.12. The number of hydrogen-bond acceptors (Lipinski definition) is 0. The zero-order valence-electron chi connectivity index (χ0n) is 6.61. The Balaban J connectivity index is 2.22. The number of hydrogen-bond donors (Lipinski definition) is 0. The Kier molecular flexibility index (Phi) is 1.40. The average Bonchev–Trinajstić information content (AvgIpc) is 2.27. The molecular weight excluding hydrogens is 120 g/mol. The van der Waals surface area contributed by atoms with Crippen molar-refractivity contribution in [1.29, 1.82) is 0 Å². The van der Waals surface area contributed by atoms with E-state index in [1.54, 1.807) is 16.7 Å². The van der Waals surface area contributed by atoms with Gasteiger partial charge >= 0.3 is 0 Å². The second-order valence-corrected chi connectivity index (χ2v) is 3.50. The van der Waals surface area contributed by atoms with Gasteiger partial charge in [0.1, 0.15) is 0 Å². The Labute approximate surface area is 62.6 Å². The van der Waals surface area contributed by atoms with Crippen LogP contribution in [0.1, 0.15) is 39.0 Å². The predicted molar refractivity (Wildman–Crippen MR) is 43.9 cm³/mol. The molecule has 10 heavy (non-hydrogen) atoms. The molecule has 0 fully saturated rings. The summed E-state index contributed by atoms with van der Waals surface area (Å²) in [6.45, 7) is 2.25. The minimum atomic E-state index is 1.29. The normalized spacial score (nSPS) is 24.7. The Morgan fingerprint density at radius 1 is 1.20 bits per heavy atom. The van der Waals surface area contributed by atoms with Gasteiger partial charge in [0.05, 0.1) is 0 Å². The van der Waals surface area contributed by atoms with Crippen LogP contribution in [0, 0.1) is 0 Å². The average molecular weight is 134 g/mol. The molecule has 0 aliphatic heterocycles. The number of allylic oxidation sites excluding steroid dienone is 4. The van der Waals surface area contributed by atoms with Crippen LogP contribution in [-0.2, 0) is 0 Å². The van der Waals surface area contributed by atoms with Crippen molar-refractivity contribution in [2.75, 3.05) is 0 Å². The fourth-order valence-corrected chi connectivity index (χ4v) is 2.05. The van der Waals surface area contributed by atoms with E-state index < -0.39 is 0 Å². The minimum Gasteiger partial charge on any atom is -0.0690 e. The Morgan fingerprint density at radius 2 is 2.00 bits per heavy atom. The van der Waals surface area contributed by atoms with E-state index in [1.165, 1.54) is 32.1 Å². The van der Waals surface area contributed by atoms with Crippen LogP contribution in [0.3, 0.4) is 0 Å². The molecule has 0 radical (unpaired) electrons. The third-order valence-corrected chi connectivity index (χ3v) is 2.54. The molecule has 0 heterocycles. The van der Waals surface area contributed by atoms with Crippen molar-refractivity contribution in [2.45, 2.75) is 39.0 Å². The van der Waals surface area contributed by atoms with E-state index >= 15 is 0 Å². The molecule has 0 heteroatoms. The van der Waals surface area contributed by atoms with Crippen molar-refractivity contribution >= 4 is 0 Å². The molecule has 0 bridgehead atoms. The summed E-state index contributed by atoms with van der Waals surface area (Å²) in [5, 5.41) is 0. The smallest absolute Gasteiger partial charge is 0.0102 e. The van der Waals surface area contributed by atoms with Gasteiger partial charge in [-0.15, -0.1) is 0 Å². The van der Waals surface area contributed by atoms with Crippen LogP contribution in [-0.4, -0.2) is 0 Å². The van der Waals surface area contributed by atoms with Gasteiger partial charge in [-0.1, -0.05) is 17.2 Å². The molecule has 0 aromatic rings. The van der Waals surface area contributed by atoms with Crippen molar-refractivity contribution in [3.63, 3.8) is 0 Å². The summed E-state index contributed by atoms with van der Waals surface area (Å²) in [6.07, 6.45) is 9.27. The summed E-state index contributed by atoms with van der Waals surface area (Å²) in [6, 6.07) is 0. The second kappa shape index (κ2) is 2.26. The zero-order chi connectivity index (χ0) is 6.97. The summed E-state index contributed by atoms with van der Waals surface area (Å²) < 4.78 is 0. The highest BCUT2D eigenvalue weighted by Crippen LogP contribution is 2.35. The highest BCUT2D eigenvalue weighted by atomic mass is 14.2. The van der Waals surface area contributed by atoms with Gasteiger partial charge in [0, 0.05) is 0 Å². The van der Waals surface area contributed by atoms with E-state index in [2.05, 4.69) is 13.0 Å². The molecular formula is C10H14. The molecule has 0 spiro atoms. The molecule has 0 nitrogen and oxygen atoms in total. The van der Waals surface area contributed by atoms with Crippen molar-refractivity contribution < 1.29 is 0 Å². The highest BCUT2D eigenvalue weighted by Gasteiger charge is 2.15.